The summed E-state index contributed by atoms with van der Waals surface area (Å²) in [6.45, 7) is 6.71. The number of halogens is 2. The van der Waals surface area contributed by atoms with E-state index in [1.165, 1.54) is 25.3 Å². The SMILES string of the molecule is C=C[C@]1(CC)O[C@@H](n2ccc(N)nc2=O)C(F)(F)[C@@H]1C. The van der Waals surface area contributed by atoms with Crippen molar-refractivity contribution in [2.24, 2.45) is 5.92 Å². The molecule has 0 spiro atoms. The van der Waals surface area contributed by atoms with Gasteiger partial charge < -0.3 is 10.5 Å². The lowest BCUT2D eigenvalue weighted by molar-refractivity contribution is -0.131. The molecule has 1 saturated heterocycles. The molecule has 0 saturated carbocycles. The summed E-state index contributed by atoms with van der Waals surface area (Å²) in [4.78, 5) is 15.2. The van der Waals surface area contributed by atoms with Crippen LogP contribution in [0.1, 0.15) is 26.5 Å². The highest BCUT2D eigenvalue weighted by Crippen LogP contribution is 2.53. The van der Waals surface area contributed by atoms with Crippen LogP contribution in [-0.2, 0) is 4.74 Å². The van der Waals surface area contributed by atoms with Gasteiger partial charge in [-0.3, -0.25) is 4.57 Å². The number of hydrogen-bond acceptors (Lipinski definition) is 4. The van der Waals surface area contributed by atoms with E-state index >= 15 is 0 Å². The Balaban J connectivity index is 2.52. The third-order valence-corrected chi connectivity index (χ3v) is 3.97. The standard InChI is InChI=1S/C13H17F2N3O2/c1-4-12(5-2)8(3)13(14,15)10(20-12)18-7-6-9(16)17-11(18)19/h4,6-8,10H,1,5H2,2-3H3,(H2,16,17,19)/t8-,10-,12-/m1/s1. The number of nitrogens with zero attached hydrogens (tertiary/aromatic N) is 2. The largest absolute Gasteiger partial charge is 0.383 e. The molecule has 2 N–H and O–H groups in total. The van der Waals surface area contributed by atoms with E-state index in [0.717, 1.165) is 4.57 Å². The molecule has 0 aliphatic carbocycles. The third kappa shape index (κ3) is 1.93. The number of nitrogen functional groups attached to an aromatic ring is 1. The Morgan fingerprint density at radius 3 is 2.75 bits per heavy atom. The Hall–Kier alpha value is -1.76. The van der Waals surface area contributed by atoms with Gasteiger partial charge in [0.05, 0.1) is 11.5 Å². The molecule has 5 nitrogen and oxygen atoms in total. The molecule has 20 heavy (non-hydrogen) atoms. The summed E-state index contributed by atoms with van der Waals surface area (Å²) in [6, 6.07) is 1.28. The third-order valence-electron chi connectivity index (χ3n) is 3.97. The second-order valence-corrected chi connectivity index (χ2v) is 4.92. The molecule has 0 amide bonds. The first-order valence-electron chi connectivity index (χ1n) is 6.32. The van der Waals surface area contributed by atoms with Gasteiger partial charge in [-0.15, -0.1) is 6.58 Å². The van der Waals surface area contributed by atoms with Gasteiger partial charge >= 0.3 is 5.69 Å². The van der Waals surface area contributed by atoms with Crippen LogP contribution in [0.2, 0.25) is 0 Å². The molecular weight excluding hydrogens is 268 g/mol. The van der Waals surface area contributed by atoms with Gasteiger partial charge in [0.25, 0.3) is 5.92 Å². The summed E-state index contributed by atoms with van der Waals surface area (Å²) < 4.78 is 35.2. The fourth-order valence-corrected chi connectivity index (χ4v) is 2.53. The summed E-state index contributed by atoms with van der Waals surface area (Å²) >= 11 is 0. The number of anilines is 1. The number of nitrogens with two attached hydrogens (primary N) is 1. The van der Waals surface area contributed by atoms with E-state index in [-0.39, 0.29) is 5.82 Å². The van der Waals surface area contributed by atoms with Gasteiger partial charge in [-0.05, 0) is 12.5 Å². The maximum atomic E-state index is 14.4. The van der Waals surface area contributed by atoms with Crippen LogP contribution in [0.3, 0.4) is 0 Å². The average molecular weight is 285 g/mol. The minimum absolute atomic E-state index is 0.0221. The van der Waals surface area contributed by atoms with Gasteiger partial charge in [0.2, 0.25) is 6.23 Å². The fraction of sp³-hybridized carbons (Fsp3) is 0.538. The minimum atomic E-state index is -3.22. The zero-order valence-corrected chi connectivity index (χ0v) is 11.3. The molecule has 0 unspecified atom stereocenters. The van der Waals surface area contributed by atoms with Crippen LogP contribution in [0.4, 0.5) is 14.6 Å². The van der Waals surface area contributed by atoms with Crippen LogP contribution < -0.4 is 11.4 Å². The molecule has 2 heterocycles. The number of aromatic nitrogens is 2. The average Bonchev–Trinajstić information content (AvgIpc) is 2.60. The zero-order chi connectivity index (χ0) is 15.1. The van der Waals surface area contributed by atoms with E-state index in [4.69, 9.17) is 10.5 Å². The molecular formula is C13H17F2N3O2. The fourth-order valence-electron chi connectivity index (χ4n) is 2.53. The predicted molar refractivity (Wildman–Crippen MR) is 70.4 cm³/mol. The predicted octanol–water partition coefficient (Wildman–Crippen LogP) is 1.96. The van der Waals surface area contributed by atoms with Crippen LogP contribution in [0, 0.1) is 5.92 Å². The Bertz CT molecular complexity index is 587. The van der Waals surface area contributed by atoms with Crippen molar-refractivity contribution in [1.82, 2.24) is 9.55 Å². The Morgan fingerprint density at radius 1 is 1.65 bits per heavy atom. The first-order chi connectivity index (χ1) is 9.28. The van der Waals surface area contributed by atoms with Crippen molar-refractivity contribution in [2.75, 3.05) is 5.73 Å². The summed E-state index contributed by atoms with van der Waals surface area (Å²) in [5.74, 6) is -4.34. The molecule has 1 aliphatic rings. The second kappa shape index (κ2) is 4.66. The molecule has 1 fully saturated rings. The van der Waals surface area contributed by atoms with Crippen molar-refractivity contribution >= 4 is 5.82 Å². The molecule has 110 valence electrons. The monoisotopic (exact) mass is 285 g/mol. The highest BCUT2D eigenvalue weighted by Gasteiger charge is 2.63. The van der Waals surface area contributed by atoms with Crippen molar-refractivity contribution in [1.29, 1.82) is 0 Å². The van der Waals surface area contributed by atoms with E-state index in [9.17, 15) is 13.6 Å². The first-order valence-corrected chi connectivity index (χ1v) is 6.32. The number of ether oxygens (including phenoxy) is 1. The lowest BCUT2D eigenvalue weighted by Gasteiger charge is -2.27. The second-order valence-electron chi connectivity index (χ2n) is 4.92. The quantitative estimate of drug-likeness (QED) is 0.862. The Labute approximate surface area is 115 Å². The maximum Gasteiger partial charge on any atom is 0.351 e. The lowest BCUT2D eigenvalue weighted by Crippen LogP contribution is -2.38. The van der Waals surface area contributed by atoms with Crippen molar-refractivity contribution in [3.05, 3.63) is 35.4 Å². The van der Waals surface area contributed by atoms with Crippen molar-refractivity contribution in [2.45, 2.75) is 38.0 Å². The molecule has 3 atom stereocenters. The topological polar surface area (TPSA) is 70.1 Å². The molecule has 0 radical (unpaired) electrons. The molecule has 1 aromatic rings. The Morgan fingerprint density at radius 2 is 2.30 bits per heavy atom. The summed E-state index contributed by atoms with van der Waals surface area (Å²) in [5, 5.41) is 0. The van der Waals surface area contributed by atoms with Gasteiger partial charge in [-0.2, -0.15) is 4.98 Å². The highest BCUT2D eigenvalue weighted by atomic mass is 19.3. The van der Waals surface area contributed by atoms with Crippen LogP contribution >= 0.6 is 0 Å². The van der Waals surface area contributed by atoms with Gasteiger partial charge in [0.1, 0.15) is 5.82 Å². The summed E-state index contributed by atoms with van der Waals surface area (Å²) in [5.41, 5.74) is 3.32. The minimum Gasteiger partial charge on any atom is -0.383 e. The number of hydrogen-bond donors (Lipinski definition) is 1. The van der Waals surface area contributed by atoms with Crippen LogP contribution in [0.25, 0.3) is 0 Å². The van der Waals surface area contributed by atoms with Crippen molar-refractivity contribution in [3.8, 4) is 0 Å². The number of rotatable bonds is 3. The van der Waals surface area contributed by atoms with Crippen molar-refractivity contribution < 1.29 is 13.5 Å². The number of alkyl halides is 2. The molecule has 1 aliphatic heterocycles. The van der Waals surface area contributed by atoms with E-state index in [0.29, 0.717) is 6.42 Å². The highest BCUT2D eigenvalue weighted by molar-refractivity contribution is 5.24. The zero-order valence-electron chi connectivity index (χ0n) is 11.3. The van der Waals surface area contributed by atoms with E-state index in [1.807, 2.05) is 0 Å². The smallest absolute Gasteiger partial charge is 0.351 e. The van der Waals surface area contributed by atoms with Gasteiger partial charge in [-0.25, -0.2) is 13.6 Å². The first kappa shape index (κ1) is 14.6. The van der Waals surface area contributed by atoms with E-state index in [2.05, 4.69) is 11.6 Å². The normalized spacial score (nSPS) is 32.2. The van der Waals surface area contributed by atoms with Crippen LogP contribution in [0.5, 0.6) is 0 Å². The summed E-state index contributed by atoms with van der Waals surface area (Å²) in [6.07, 6.45) is 1.17. The summed E-state index contributed by atoms with van der Waals surface area (Å²) in [7, 11) is 0. The van der Waals surface area contributed by atoms with Crippen LogP contribution in [0.15, 0.2) is 29.7 Å². The Kier molecular flexibility index (Phi) is 3.41. The molecule has 0 bridgehead atoms. The van der Waals surface area contributed by atoms with Gasteiger partial charge in [-0.1, -0.05) is 19.9 Å². The maximum absolute atomic E-state index is 14.4. The van der Waals surface area contributed by atoms with E-state index in [1.54, 1.807) is 6.92 Å². The van der Waals surface area contributed by atoms with Crippen molar-refractivity contribution in [3.63, 3.8) is 0 Å². The lowest BCUT2D eigenvalue weighted by atomic mass is 9.84. The molecule has 7 heteroatoms. The van der Waals surface area contributed by atoms with Crippen LogP contribution in [-0.4, -0.2) is 21.1 Å². The molecule has 2 rings (SSSR count). The van der Waals surface area contributed by atoms with Gasteiger partial charge in [0, 0.05) is 6.20 Å². The van der Waals surface area contributed by atoms with Gasteiger partial charge in [0.15, 0.2) is 0 Å². The van der Waals surface area contributed by atoms with E-state index < -0.39 is 29.4 Å². The molecule has 0 aromatic carbocycles. The molecule has 1 aromatic heterocycles.